The monoisotopic (exact) mass is 809 g/mol. The number of hydrogen-bond acceptors (Lipinski definition) is 9. The van der Waals surface area contributed by atoms with E-state index in [1.54, 1.807) is 38.2 Å². The Hall–Kier alpha value is -1.43. The van der Waals surface area contributed by atoms with Crippen molar-refractivity contribution in [2.75, 3.05) is 6.61 Å². The summed E-state index contributed by atoms with van der Waals surface area (Å²) in [6.07, 6.45) is 3.06. The first-order chi connectivity index (χ1) is 23.7. The highest BCUT2D eigenvalue weighted by molar-refractivity contribution is 7.09. The Kier molecular flexibility index (Phi) is 20.6. The van der Waals surface area contributed by atoms with Crippen molar-refractivity contribution < 1.29 is 33.0 Å². The second-order valence-electron chi connectivity index (χ2n) is 14.5. The minimum Gasteiger partial charge on any atom is -0.462 e. The van der Waals surface area contributed by atoms with E-state index in [0.717, 1.165) is 35.3 Å². The molecule has 0 aromatic carbocycles. The molecule has 292 valence electrons. The summed E-state index contributed by atoms with van der Waals surface area (Å²) in [6, 6.07) is 2.48. The number of carbonyl (C=O) groups is 3. The Morgan fingerprint density at radius 2 is 1.59 bits per heavy atom. The zero-order valence-corrected chi connectivity index (χ0v) is 36.5. The third-order valence-electron chi connectivity index (χ3n) is 10.1. The Labute approximate surface area is 327 Å². The molecule has 1 heterocycles. The molecule has 0 aliphatic rings. The van der Waals surface area contributed by atoms with Crippen molar-refractivity contribution in [1.29, 1.82) is 0 Å². The maximum Gasteiger partial charge on any atom is 0.508 e. The second kappa shape index (κ2) is 22.1. The molecule has 0 bridgehead atoms. The fourth-order valence-electron chi connectivity index (χ4n) is 6.37. The summed E-state index contributed by atoms with van der Waals surface area (Å²) < 4.78 is 22.2. The predicted molar refractivity (Wildman–Crippen MR) is 213 cm³/mol. The quantitative estimate of drug-likeness (QED) is 0.0440. The summed E-state index contributed by atoms with van der Waals surface area (Å²) >= 11 is 18.9. The number of Topliss-reactive ketones (excluding diaryl/α,β-unsaturated/α-hetero) is 1. The lowest BCUT2D eigenvalue weighted by Gasteiger charge is -2.42. The Morgan fingerprint density at radius 1 is 0.980 bits per heavy atom. The minimum atomic E-state index is -2.33. The maximum absolute atomic E-state index is 14.6. The van der Waals surface area contributed by atoms with E-state index < -0.39 is 54.4 Å². The number of halogens is 3. The lowest BCUT2D eigenvalue weighted by molar-refractivity contribution is -0.157. The minimum absolute atomic E-state index is 0.0162. The van der Waals surface area contributed by atoms with Gasteiger partial charge in [-0.05, 0) is 68.5 Å². The van der Waals surface area contributed by atoms with Crippen LogP contribution in [0.1, 0.15) is 98.7 Å². The molecule has 0 aliphatic heterocycles. The molecule has 51 heavy (non-hydrogen) atoms. The van der Waals surface area contributed by atoms with Crippen molar-refractivity contribution in [3.8, 4) is 0 Å². The zero-order valence-electron chi connectivity index (χ0n) is 32.4. The van der Waals surface area contributed by atoms with Gasteiger partial charge < -0.3 is 18.6 Å². The largest absolute Gasteiger partial charge is 0.508 e. The van der Waals surface area contributed by atoms with E-state index in [4.69, 9.17) is 53.4 Å². The molecule has 0 radical (unpaired) electrons. The molecule has 1 aromatic rings. The number of hydrogen-bond donors (Lipinski definition) is 0. The Morgan fingerprint density at radius 3 is 2.08 bits per heavy atom. The zero-order chi connectivity index (χ0) is 39.2. The van der Waals surface area contributed by atoms with Crippen molar-refractivity contribution >= 4 is 72.4 Å². The molecule has 0 aliphatic carbocycles. The average Bonchev–Trinajstić information content (AvgIpc) is 3.49. The third kappa shape index (κ3) is 15.8. The molecule has 1 rings (SSSR count). The van der Waals surface area contributed by atoms with Crippen LogP contribution in [0, 0.1) is 36.0 Å². The molecule has 0 spiro atoms. The van der Waals surface area contributed by atoms with Gasteiger partial charge in [-0.3, -0.25) is 9.59 Å². The van der Waals surface area contributed by atoms with E-state index in [1.165, 1.54) is 0 Å². The summed E-state index contributed by atoms with van der Waals surface area (Å²) in [5.41, 5.74) is -0.183. The van der Waals surface area contributed by atoms with Crippen LogP contribution < -0.4 is 0 Å². The summed E-state index contributed by atoms with van der Waals surface area (Å²) in [5, 5.41) is 3.04. The molecule has 1 aromatic heterocycles. The molecule has 0 saturated carbocycles. The molecule has 0 fully saturated rings. The number of aromatic nitrogens is 1. The molecule has 0 saturated heterocycles. The fraction of sp³-hybridized carbons (Fsp3) is 0.737. The number of thiazole rings is 1. The lowest BCUT2D eigenvalue weighted by atomic mass is 9.73. The van der Waals surface area contributed by atoms with E-state index in [9.17, 15) is 14.4 Å². The van der Waals surface area contributed by atoms with E-state index in [-0.39, 0.29) is 36.1 Å². The van der Waals surface area contributed by atoms with Gasteiger partial charge in [0.1, 0.15) is 24.6 Å². The molecule has 13 heteroatoms. The Balaban J connectivity index is 3.46. The van der Waals surface area contributed by atoms with Crippen molar-refractivity contribution in [2.24, 2.45) is 29.1 Å². The van der Waals surface area contributed by atoms with Gasteiger partial charge >= 0.3 is 12.1 Å². The molecule has 0 N–H and O–H groups in total. The van der Waals surface area contributed by atoms with Crippen molar-refractivity contribution in [1.82, 2.24) is 4.98 Å². The normalized spacial score (nSPS) is 16.6. The highest BCUT2D eigenvalue weighted by Gasteiger charge is 2.48. The number of ketones is 1. The van der Waals surface area contributed by atoms with Gasteiger partial charge in [0.05, 0.1) is 29.1 Å². The summed E-state index contributed by atoms with van der Waals surface area (Å²) in [4.78, 5) is 45.9. The van der Waals surface area contributed by atoms with E-state index in [1.807, 2.05) is 25.3 Å². The number of ether oxygens (including phenoxy) is 3. The van der Waals surface area contributed by atoms with Crippen LogP contribution in [-0.2, 0) is 34.6 Å². The summed E-state index contributed by atoms with van der Waals surface area (Å²) in [5.74, 6) is -1.45. The predicted octanol–water partition coefficient (Wildman–Crippen LogP) is 11.3. The number of alkyl halides is 3. The highest BCUT2D eigenvalue weighted by Crippen LogP contribution is 2.38. The number of rotatable bonds is 24. The van der Waals surface area contributed by atoms with Crippen LogP contribution in [0.2, 0.25) is 18.1 Å². The lowest BCUT2D eigenvalue weighted by Crippen LogP contribution is -2.52. The van der Waals surface area contributed by atoms with Crippen LogP contribution in [-0.4, -0.2) is 59.9 Å². The van der Waals surface area contributed by atoms with Crippen molar-refractivity contribution in [3.63, 3.8) is 0 Å². The number of nitrogens with zero attached hydrogens (tertiary/aromatic N) is 1. The number of aryl methyl sites for hydroxylation is 1. The van der Waals surface area contributed by atoms with Crippen LogP contribution in [0.5, 0.6) is 0 Å². The van der Waals surface area contributed by atoms with Crippen LogP contribution in [0.25, 0.3) is 0 Å². The van der Waals surface area contributed by atoms with Gasteiger partial charge in [-0.1, -0.05) is 109 Å². The fourth-order valence-corrected chi connectivity index (χ4v) is 10.1. The standard InChI is InChI=1S/C38H62Cl3NO7SSi/c1-13-18-26(7)34(48-36(45)46-24-38(39,40)41)28(9)35(44)37(11,12)32(49-51(15-3,16-4)17-5)22-33(43)47-31(20-19-25(6)14-2)27(8)21-30-23-50-29(10)42-30/h13-14,23,25-28,31-32,34H,1-2,15-22,24H2,3-12H3/t25?,26-,27?,28+,31-,32-,34-/m0/s1. The first-order valence-corrected chi connectivity index (χ1v) is 22.7. The first-order valence-electron chi connectivity index (χ1n) is 18.1. The van der Waals surface area contributed by atoms with Crippen LogP contribution in [0.4, 0.5) is 4.79 Å². The summed E-state index contributed by atoms with van der Waals surface area (Å²) in [7, 11) is -2.33. The molecular weight excluding hydrogens is 749 g/mol. The van der Waals surface area contributed by atoms with Crippen molar-refractivity contribution in [3.05, 3.63) is 41.4 Å². The molecule has 7 atom stereocenters. The number of esters is 1. The smallest absolute Gasteiger partial charge is 0.462 e. The van der Waals surface area contributed by atoms with Crippen LogP contribution in [0.15, 0.2) is 30.7 Å². The molecule has 8 nitrogen and oxygen atoms in total. The Bertz CT molecular complexity index is 1260. The maximum atomic E-state index is 14.6. The summed E-state index contributed by atoms with van der Waals surface area (Å²) in [6.45, 7) is 26.9. The SMILES string of the molecule is C=CC[C@H](C)[C@H](OC(=O)OCC(Cl)(Cl)Cl)[C@@H](C)C(=O)C(C)(C)[C@H](CC(=O)O[C@@H](CCC(C)C=C)C(C)Cc1csc(C)n1)O[Si](CC)(CC)CC. The topological polar surface area (TPSA) is 101 Å². The van der Waals surface area contributed by atoms with Gasteiger partial charge in [0.15, 0.2) is 8.32 Å². The van der Waals surface area contributed by atoms with E-state index >= 15 is 0 Å². The number of carbonyl (C=O) groups excluding carboxylic acids is 3. The van der Waals surface area contributed by atoms with Gasteiger partial charge in [-0.2, -0.15) is 0 Å². The number of allylic oxidation sites excluding steroid dienone is 2. The van der Waals surface area contributed by atoms with Gasteiger partial charge in [-0.15, -0.1) is 24.5 Å². The van der Waals surface area contributed by atoms with E-state index in [2.05, 4.69) is 52.8 Å². The van der Waals surface area contributed by atoms with E-state index in [0.29, 0.717) is 19.3 Å². The van der Waals surface area contributed by atoms with Gasteiger partial charge in [0.2, 0.25) is 3.79 Å². The van der Waals surface area contributed by atoms with Gasteiger partial charge in [-0.25, -0.2) is 9.78 Å². The van der Waals surface area contributed by atoms with Crippen molar-refractivity contribution in [2.45, 2.75) is 142 Å². The van der Waals surface area contributed by atoms with Gasteiger partial charge in [0.25, 0.3) is 0 Å². The molecular formula is C38H62Cl3NO7SSi. The second-order valence-corrected chi connectivity index (χ2v) is 22.8. The van der Waals surface area contributed by atoms with Crippen LogP contribution in [0.3, 0.4) is 0 Å². The third-order valence-corrected chi connectivity index (χ3v) is 15.9. The molecule has 2 unspecified atom stereocenters. The van der Waals surface area contributed by atoms with Crippen LogP contribution >= 0.6 is 46.1 Å². The average molecular weight is 811 g/mol. The van der Waals surface area contributed by atoms with Gasteiger partial charge in [0, 0.05) is 10.8 Å². The molecule has 0 amide bonds. The highest BCUT2D eigenvalue weighted by atomic mass is 35.6. The first kappa shape index (κ1) is 47.6.